The largest absolute Gasteiger partial charge is 0.497 e. The number of benzene rings is 1. The molecule has 0 saturated carbocycles. The predicted molar refractivity (Wildman–Crippen MR) is 70.6 cm³/mol. The van der Waals surface area contributed by atoms with E-state index in [9.17, 15) is 0 Å². The van der Waals surface area contributed by atoms with Crippen LogP contribution in [0.5, 0.6) is 5.75 Å². The van der Waals surface area contributed by atoms with Crippen LogP contribution in [0.4, 0.5) is 11.4 Å². The van der Waals surface area contributed by atoms with E-state index in [0.29, 0.717) is 5.69 Å². The van der Waals surface area contributed by atoms with Crippen molar-refractivity contribution in [3.05, 3.63) is 30.4 Å². The van der Waals surface area contributed by atoms with E-state index in [1.54, 1.807) is 19.5 Å². The van der Waals surface area contributed by atoms with Gasteiger partial charge in [0.15, 0.2) is 0 Å². The number of ether oxygens (including phenoxy) is 1. The van der Waals surface area contributed by atoms with Crippen LogP contribution in [-0.4, -0.2) is 28.4 Å². The molecule has 6 nitrogen and oxygen atoms in total. The lowest BCUT2D eigenvalue weighted by Crippen LogP contribution is -2.09. The van der Waals surface area contributed by atoms with E-state index in [0.717, 1.165) is 30.2 Å². The molecule has 0 saturated heterocycles. The van der Waals surface area contributed by atoms with Gasteiger partial charge in [-0.25, -0.2) is 0 Å². The highest BCUT2D eigenvalue weighted by Gasteiger charge is 2.02. The second-order valence-corrected chi connectivity index (χ2v) is 4.03. The van der Waals surface area contributed by atoms with E-state index in [-0.39, 0.29) is 0 Å². The molecule has 1 aromatic heterocycles. The molecule has 2 rings (SSSR count). The number of methoxy groups -OCH3 is 1. The van der Waals surface area contributed by atoms with Crippen molar-refractivity contribution in [2.75, 3.05) is 24.7 Å². The van der Waals surface area contributed by atoms with Crippen LogP contribution in [0.25, 0.3) is 0 Å². The van der Waals surface area contributed by atoms with E-state index in [1.807, 2.05) is 23.7 Å². The van der Waals surface area contributed by atoms with Gasteiger partial charge in [0.25, 0.3) is 0 Å². The number of nitrogen functional groups attached to an aromatic ring is 1. The first-order valence-electron chi connectivity index (χ1n) is 5.70. The number of hydrogen-bond acceptors (Lipinski definition) is 5. The molecule has 1 aromatic carbocycles. The standard InChI is InChI=1S/C12H17N5O/c1-17-8-15-16-12(17)3-4-14-10-5-9(13)6-11(7-10)18-2/h5-8,14H,3-4,13H2,1-2H3. The van der Waals surface area contributed by atoms with Crippen LogP contribution in [0, 0.1) is 0 Å². The molecule has 0 aliphatic carbocycles. The maximum Gasteiger partial charge on any atom is 0.134 e. The van der Waals surface area contributed by atoms with Crippen molar-refractivity contribution in [2.45, 2.75) is 6.42 Å². The summed E-state index contributed by atoms with van der Waals surface area (Å²) < 4.78 is 7.06. The van der Waals surface area contributed by atoms with Crippen LogP contribution in [0.3, 0.4) is 0 Å². The molecule has 3 N–H and O–H groups in total. The van der Waals surface area contributed by atoms with Gasteiger partial charge < -0.3 is 20.4 Å². The highest BCUT2D eigenvalue weighted by Crippen LogP contribution is 2.21. The first-order chi connectivity index (χ1) is 8.69. The Kier molecular flexibility index (Phi) is 3.66. The van der Waals surface area contributed by atoms with Crippen molar-refractivity contribution >= 4 is 11.4 Å². The summed E-state index contributed by atoms with van der Waals surface area (Å²) in [5.41, 5.74) is 7.39. The number of anilines is 2. The molecule has 6 heteroatoms. The van der Waals surface area contributed by atoms with Crippen molar-refractivity contribution in [1.29, 1.82) is 0 Å². The van der Waals surface area contributed by atoms with Gasteiger partial charge in [-0.15, -0.1) is 10.2 Å². The van der Waals surface area contributed by atoms with E-state index in [2.05, 4.69) is 15.5 Å². The number of nitrogens with one attached hydrogen (secondary N) is 1. The molecule has 0 amide bonds. The molecular weight excluding hydrogens is 230 g/mol. The minimum Gasteiger partial charge on any atom is -0.497 e. The van der Waals surface area contributed by atoms with Gasteiger partial charge in [-0.3, -0.25) is 0 Å². The highest BCUT2D eigenvalue weighted by molar-refractivity contribution is 5.59. The highest BCUT2D eigenvalue weighted by atomic mass is 16.5. The Morgan fingerprint density at radius 1 is 1.39 bits per heavy atom. The van der Waals surface area contributed by atoms with E-state index >= 15 is 0 Å². The Balaban J connectivity index is 1.94. The maximum absolute atomic E-state index is 5.78. The molecular formula is C12H17N5O. The molecule has 1 heterocycles. The summed E-state index contributed by atoms with van der Waals surface area (Å²) >= 11 is 0. The van der Waals surface area contributed by atoms with Crippen LogP contribution < -0.4 is 15.8 Å². The Morgan fingerprint density at radius 3 is 2.89 bits per heavy atom. The Hall–Kier alpha value is -2.24. The molecule has 18 heavy (non-hydrogen) atoms. The Labute approximate surface area is 106 Å². The summed E-state index contributed by atoms with van der Waals surface area (Å²) in [6.07, 6.45) is 2.49. The van der Waals surface area contributed by atoms with Crippen molar-refractivity contribution in [2.24, 2.45) is 7.05 Å². The van der Waals surface area contributed by atoms with Gasteiger partial charge in [0.1, 0.15) is 17.9 Å². The fourth-order valence-electron chi connectivity index (χ4n) is 1.69. The van der Waals surface area contributed by atoms with Gasteiger partial charge >= 0.3 is 0 Å². The topological polar surface area (TPSA) is 78.0 Å². The summed E-state index contributed by atoms with van der Waals surface area (Å²) in [5, 5.41) is 11.1. The van der Waals surface area contributed by atoms with Gasteiger partial charge in [0.05, 0.1) is 7.11 Å². The van der Waals surface area contributed by atoms with Crippen molar-refractivity contribution in [3.63, 3.8) is 0 Å². The Bertz CT molecular complexity index is 523. The monoisotopic (exact) mass is 247 g/mol. The molecule has 0 radical (unpaired) electrons. The van der Waals surface area contributed by atoms with E-state index in [1.165, 1.54) is 0 Å². The molecule has 0 aliphatic heterocycles. The lowest BCUT2D eigenvalue weighted by Gasteiger charge is -2.09. The van der Waals surface area contributed by atoms with Gasteiger partial charge in [-0.2, -0.15) is 0 Å². The number of aryl methyl sites for hydroxylation is 1. The van der Waals surface area contributed by atoms with Crippen LogP contribution in [0.2, 0.25) is 0 Å². The number of aromatic nitrogens is 3. The maximum atomic E-state index is 5.78. The minimum absolute atomic E-state index is 0.676. The molecule has 0 spiro atoms. The number of nitrogens with zero attached hydrogens (tertiary/aromatic N) is 3. The number of rotatable bonds is 5. The smallest absolute Gasteiger partial charge is 0.134 e. The second kappa shape index (κ2) is 5.39. The van der Waals surface area contributed by atoms with Crippen LogP contribution in [-0.2, 0) is 13.5 Å². The molecule has 0 aliphatic rings. The van der Waals surface area contributed by atoms with E-state index < -0.39 is 0 Å². The minimum atomic E-state index is 0.676. The lowest BCUT2D eigenvalue weighted by atomic mass is 10.2. The van der Waals surface area contributed by atoms with Crippen LogP contribution in [0.15, 0.2) is 24.5 Å². The van der Waals surface area contributed by atoms with Crippen molar-refractivity contribution in [3.8, 4) is 5.75 Å². The van der Waals surface area contributed by atoms with Crippen molar-refractivity contribution in [1.82, 2.24) is 14.8 Å². The average molecular weight is 247 g/mol. The number of nitrogens with two attached hydrogens (primary N) is 1. The third-order valence-electron chi connectivity index (χ3n) is 2.65. The lowest BCUT2D eigenvalue weighted by molar-refractivity contribution is 0.415. The SMILES string of the molecule is COc1cc(N)cc(NCCc2nncn2C)c1. The van der Waals surface area contributed by atoms with Gasteiger partial charge in [-0.05, 0) is 6.07 Å². The normalized spacial score (nSPS) is 10.3. The molecule has 0 bridgehead atoms. The fraction of sp³-hybridized carbons (Fsp3) is 0.333. The molecule has 0 atom stereocenters. The van der Waals surface area contributed by atoms with Crippen LogP contribution >= 0.6 is 0 Å². The molecule has 0 unspecified atom stereocenters. The summed E-state index contributed by atoms with van der Waals surface area (Å²) in [6, 6.07) is 5.57. The molecule has 96 valence electrons. The first-order valence-corrected chi connectivity index (χ1v) is 5.70. The summed E-state index contributed by atoms with van der Waals surface area (Å²) in [7, 11) is 3.55. The van der Waals surface area contributed by atoms with Gasteiger partial charge in [-0.1, -0.05) is 0 Å². The first kappa shape index (κ1) is 12.2. The zero-order chi connectivity index (χ0) is 13.0. The summed E-state index contributed by atoms with van der Waals surface area (Å²) in [6.45, 7) is 0.763. The third-order valence-corrected chi connectivity index (χ3v) is 2.65. The number of hydrogen-bond donors (Lipinski definition) is 2. The third kappa shape index (κ3) is 2.91. The second-order valence-electron chi connectivity index (χ2n) is 4.03. The summed E-state index contributed by atoms with van der Waals surface area (Å²) in [5.74, 6) is 1.69. The predicted octanol–water partition coefficient (Wildman–Crippen LogP) is 1.06. The molecule has 0 fully saturated rings. The average Bonchev–Trinajstić information content (AvgIpc) is 2.74. The van der Waals surface area contributed by atoms with Crippen molar-refractivity contribution < 1.29 is 4.74 Å². The Morgan fingerprint density at radius 2 is 2.22 bits per heavy atom. The zero-order valence-electron chi connectivity index (χ0n) is 10.6. The summed E-state index contributed by atoms with van der Waals surface area (Å²) in [4.78, 5) is 0. The van der Waals surface area contributed by atoms with Gasteiger partial charge in [0.2, 0.25) is 0 Å². The van der Waals surface area contributed by atoms with E-state index in [4.69, 9.17) is 10.5 Å². The molecule has 2 aromatic rings. The van der Waals surface area contributed by atoms with Crippen LogP contribution in [0.1, 0.15) is 5.82 Å². The van der Waals surface area contributed by atoms with Gasteiger partial charge in [0, 0.05) is 43.5 Å². The zero-order valence-corrected chi connectivity index (χ0v) is 10.6. The quantitative estimate of drug-likeness (QED) is 0.772. The fourth-order valence-corrected chi connectivity index (χ4v) is 1.69.